The fourth-order valence-electron chi connectivity index (χ4n) is 2.80. The van der Waals surface area contributed by atoms with Crippen molar-refractivity contribution >= 4 is 11.6 Å². The first-order valence-corrected chi connectivity index (χ1v) is 10.0. The van der Waals surface area contributed by atoms with E-state index < -0.39 is 0 Å². The molecule has 1 N–H and O–H groups in total. The summed E-state index contributed by atoms with van der Waals surface area (Å²) in [7, 11) is 1.61. The van der Waals surface area contributed by atoms with Crippen molar-refractivity contribution in [1.29, 1.82) is 0 Å². The number of amides is 1. The summed E-state index contributed by atoms with van der Waals surface area (Å²) in [5.41, 5.74) is 2.51. The molecule has 0 atom stereocenters. The van der Waals surface area contributed by atoms with Gasteiger partial charge in [-0.3, -0.25) is 4.79 Å². The Bertz CT molecular complexity index is 919. The highest BCUT2D eigenvalue weighted by Gasteiger charge is 2.06. The molecule has 5 heteroatoms. The predicted octanol–water partition coefficient (Wildman–Crippen LogP) is 5.49. The summed E-state index contributed by atoms with van der Waals surface area (Å²) in [5, 5.41) is 2.86. The third-order valence-corrected chi connectivity index (χ3v) is 4.56. The Hall–Kier alpha value is -3.47. The number of carbonyl (C=O) groups excluding carboxylic acids is 1. The minimum Gasteiger partial charge on any atom is -0.497 e. The summed E-state index contributed by atoms with van der Waals surface area (Å²) >= 11 is 0. The van der Waals surface area contributed by atoms with E-state index in [9.17, 15) is 4.79 Å². The van der Waals surface area contributed by atoms with Crippen molar-refractivity contribution in [3.63, 3.8) is 0 Å². The fraction of sp³-hybridized carbons (Fsp3) is 0.240. The molecule has 1 amide bonds. The van der Waals surface area contributed by atoms with Gasteiger partial charge in [0.2, 0.25) is 0 Å². The summed E-state index contributed by atoms with van der Waals surface area (Å²) in [4.78, 5) is 12.4. The van der Waals surface area contributed by atoms with E-state index in [1.165, 1.54) is 5.56 Å². The Morgan fingerprint density at radius 2 is 1.23 bits per heavy atom. The van der Waals surface area contributed by atoms with Crippen LogP contribution in [0.15, 0.2) is 72.8 Å². The minimum absolute atomic E-state index is 0.167. The quantitative estimate of drug-likeness (QED) is 0.453. The van der Waals surface area contributed by atoms with E-state index in [2.05, 4.69) is 12.2 Å². The number of benzene rings is 3. The van der Waals surface area contributed by atoms with Crippen LogP contribution in [0.25, 0.3) is 0 Å². The maximum absolute atomic E-state index is 12.4. The van der Waals surface area contributed by atoms with Crippen LogP contribution in [0.1, 0.15) is 28.8 Å². The zero-order chi connectivity index (χ0) is 21.2. The first kappa shape index (κ1) is 21.2. The van der Waals surface area contributed by atoms with Gasteiger partial charge in [0.15, 0.2) is 0 Å². The van der Waals surface area contributed by atoms with E-state index in [4.69, 9.17) is 14.2 Å². The summed E-state index contributed by atoms with van der Waals surface area (Å²) in [6.45, 7) is 3.33. The molecule has 0 fully saturated rings. The Balaban J connectivity index is 1.36. The van der Waals surface area contributed by atoms with Crippen molar-refractivity contribution in [1.82, 2.24) is 0 Å². The van der Waals surface area contributed by atoms with Crippen LogP contribution in [0, 0.1) is 6.92 Å². The number of anilines is 1. The second-order valence-corrected chi connectivity index (χ2v) is 6.92. The smallest absolute Gasteiger partial charge is 0.255 e. The third kappa shape index (κ3) is 6.55. The largest absolute Gasteiger partial charge is 0.497 e. The molecule has 3 rings (SSSR count). The molecule has 0 bridgehead atoms. The van der Waals surface area contributed by atoms with Crippen molar-refractivity contribution in [3.8, 4) is 17.2 Å². The van der Waals surface area contributed by atoms with E-state index in [0.717, 1.165) is 30.1 Å². The van der Waals surface area contributed by atoms with E-state index in [1.54, 1.807) is 43.5 Å². The predicted molar refractivity (Wildman–Crippen MR) is 119 cm³/mol. The van der Waals surface area contributed by atoms with Gasteiger partial charge in [0.05, 0.1) is 20.3 Å². The highest BCUT2D eigenvalue weighted by atomic mass is 16.5. The molecule has 0 unspecified atom stereocenters. The van der Waals surface area contributed by atoms with Crippen LogP contribution in [0.2, 0.25) is 0 Å². The molecular weight excluding hydrogens is 378 g/mol. The number of methoxy groups -OCH3 is 1. The molecule has 3 aromatic carbocycles. The topological polar surface area (TPSA) is 56.8 Å². The van der Waals surface area contributed by atoms with Crippen molar-refractivity contribution in [3.05, 3.63) is 83.9 Å². The number of rotatable bonds is 10. The molecule has 0 aromatic heterocycles. The van der Waals surface area contributed by atoms with Crippen molar-refractivity contribution in [2.45, 2.75) is 19.8 Å². The molecular formula is C25H27NO4. The SMILES string of the molecule is COc1ccc(NC(=O)c2ccc(OCCCCOc3ccc(C)cc3)cc2)cc1. The molecule has 0 spiro atoms. The molecule has 0 aliphatic heterocycles. The normalized spacial score (nSPS) is 10.3. The van der Waals surface area contributed by atoms with E-state index in [1.807, 2.05) is 36.4 Å². The van der Waals surface area contributed by atoms with Crippen molar-refractivity contribution in [2.24, 2.45) is 0 Å². The molecule has 0 aliphatic carbocycles. The zero-order valence-electron chi connectivity index (χ0n) is 17.4. The number of ether oxygens (including phenoxy) is 3. The van der Waals surface area contributed by atoms with Gasteiger partial charge in [-0.25, -0.2) is 0 Å². The second-order valence-electron chi connectivity index (χ2n) is 6.92. The van der Waals surface area contributed by atoms with Crippen molar-refractivity contribution < 1.29 is 19.0 Å². The number of unbranched alkanes of at least 4 members (excludes halogenated alkanes) is 1. The summed E-state index contributed by atoms with van der Waals surface area (Å²) in [6.07, 6.45) is 1.81. The standard InChI is InChI=1S/C25H27NO4/c1-19-5-11-23(12-6-19)29-17-3-4-18-30-24-13-7-20(8-14-24)25(27)26-21-9-15-22(28-2)16-10-21/h5-16H,3-4,17-18H2,1-2H3,(H,26,27). The summed E-state index contributed by atoms with van der Waals surface area (Å²) < 4.78 is 16.6. The summed E-state index contributed by atoms with van der Waals surface area (Å²) in [6, 6.07) is 22.4. The van der Waals surface area contributed by atoms with Crippen LogP contribution in [-0.4, -0.2) is 26.2 Å². The minimum atomic E-state index is -0.167. The molecule has 0 saturated carbocycles. The molecule has 0 aliphatic rings. The maximum atomic E-state index is 12.4. The Labute approximate surface area is 177 Å². The monoisotopic (exact) mass is 405 g/mol. The Morgan fingerprint density at radius 1 is 0.733 bits per heavy atom. The average Bonchev–Trinajstić information content (AvgIpc) is 2.78. The first-order chi connectivity index (χ1) is 14.6. The van der Waals surface area contributed by atoms with Gasteiger partial charge in [-0.05, 0) is 80.4 Å². The maximum Gasteiger partial charge on any atom is 0.255 e. The second kappa shape index (κ2) is 10.9. The first-order valence-electron chi connectivity index (χ1n) is 10.0. The van der Waals surface area contributed by atoms with Crippen molar-refractivity contribution in [2.75, 3.05) is 25.6 Å². The van der Waals surface area contributed by atoms with E-state index in [-0.39, 0.29) is 5.91 Å². The molecule has 3 aromatic rings. The fourth-order valence-corrected chi connectivity index (χ4v) is 2.80. The van der Waals surface area contributed by atoms with Crippen LogP contribution in [0.5, 0.6) is 17.2 Å². The van der Waals surface area contributed by atoms with Gasteiger partial charge >= 0.3 is 0 Å². The lowest BCUT2D eigenvalue weighted by Gasteiger charge is -2.09. The van der Waals surface area contributed by atoms with Crippen LogP contribution < -0.4 is 19.5 Å². The van der Waals surface area contributed by atoms with Gasteiger partial charge in [0.25, 0.3) is 5.91 Å². The molecule has 156 valence electrons. The summed E-state index contributed by atoms with van der Waals surface area (Å²) in [5.74, 6) is 2.22. The number of carbonyl (C=O) groups is 1. The van der Waals surface area contributed by atoms with Crippen LogP contribution in [0.3, 0.4) is 0 Å². The number of aryl methyl sites for hydroxylation is 1. The van der Waals surface area contributed by atoms with E-state index >= 15 is 0 Å². The average molecular weight is 405 g/mol. The zero-order valence-corrected chi connectivity index (χ0v) is 17.4. The van der Waals surface area contributed by atoms with Crippen LogP contribution in [0.4, 0.5) is 5.69 Å². The molecule has 0 heterocycles. The lowest BCUT2D eigenvalue weighted by Crippen LogP contribution is -2.11. The van der Waals surface area contributed by atoms with Gasteiger partial charge in [-0.1, -0.05) is 17.7 Å². The highest BCUT2D eigenvalue weighted by molar-refractivity contribution is 6.04. The lowest BCUT2D eigenvalue weighted by atomic mass is 10.2. The molecule has 0 radical (unpaired) electrons. The van der Waals surface area contributed by atoms with Gasteiger partial charge in [-0.15, -0.1) is 0 Å². The Morgan fingerprint density at radius 3 is 1.77 bits per heavy atom. The molecule has 30 heavy (non-hydrogen) atoms. The number of nitrogens with one attached hydrogen (secondary N) is 1. The van der Waals surface area contributed by atoms with Gasteiger partial charge in [0.1, 0.15) is 17.2 Å². The highest BCUT2D eigenvalue weighted by Crippen LogP contribution is 2.18. The Kier molecular flexibility index (Phi) is 7.72. The lowest BCUT2D eigenvalue weighted by molar-refractivity contribution is 0.102. The van der Waals surface area contributed by atoms with Gasteiger partial charge in [0, 0.05) is 11.3 Å². The van der Waals surface area contributed by atoms with Gasteiger partial charge < -0.3 is 19.5 Å². The third-order valence-electron chi connectivity index (χ3n) is 4.56. The number of hydrogen-bond donors (Lipinski definition) is 1. The van der Waals surface area contributed by atoms with Crippen LogP contribution >= 0.6 is 0 Å². The number of hydrogen-bond acceptors (Lipinski definition) is 4. The molecule has 0 saturated heterocycles. The van der Waals surface area contributed by atoms with E-state index in [0.29, 0.717) is 24.5 Å². The molecule has 5 nitrogen and oxygen atoms in total. The van der Waals surface area contributed by atoms with Crippen LogP contribution in [-0.2, 0) is 0 Å². The van der Waals surface area contributed by atoms with Gasteiger partial charge in [-0.2, -0.15) is 0 Å².